The van der Waals surface area contributed by atoms with Crippen LogP contribution in [0, 0.1) is 0 Å². The molecule has 4 aromatic rings. The molecule has 13 nitrogen and oxygen atoms in total. The van der Waals surface area contributed by atoms with E-state index in [1.165, 1.54) is 5.56 Å². The number of pyridine rings is 1. The van der Waals surface area contributed by atoms with Gasteiger partial charge in [0.25, 0.3) is 5.91 Å². The van der Waals surface area contributed by atoms with Gasteiger partial charge in [-0.05, 0) is 87.2 Å². The zero-order valence-electron chi connectivity index (χ0n) is 28.8. The van der Waals surface area contributed by atoms with E-state index < -0.39 is 11.9 Å². The lowest BCUT2D eigenvalue weighted by atomic mass is 9.73. The number of amides is 3. The van der Waals surface area contributed by atoms with Gasteiger partial charge in [-0.3, -0.25) is 19.7 Å². The number of aromatic hydroxyl groups is 1. The molecule has 3 amide bonds. The fraction of sp³-hybridized carbons (Fsp3) is 0.385. The first kappa shape index (κ1) is 32.4. The Labute approximate surface area is 300 Å². The normalized spacial score (nSPS) is 21.6. The van der Waals surface area contributed by atoms with Gasteiger partial charge in [0, 0.05) is 65.0 Å². The van der Waals surface area contributed by atoms with Crippen molar-refractivity contribution in [3.63, 3.8) is 0 Å². The lowest BCUT2D eigenvalue weighted by Crippen LogP contribution is -2.52. The highest BCUT2D eigenvalue weighted by Gasteiger charge is 2.48. The summed E-state index contributed by atoms with van der Waals surface area (Å²) in [6.07, 6.45) is 6.42. The number of carbonyl (C=O) groups excluding carboxylic acids is 3. The summed E-state index contributed by atoms with van der Waals surface area (Å²) in [5.74, 6) is 1.31. The van der Waals surface area contributed by atoms with Crippen LogP contribution in [0.5, 0.6) is 11.5 Å². The number of likely N-dealkylation sites (tertiary alicyclic amines) is 1. The lowest BCUT2D eigenvalue weighted by molar-refractivity contribution is -0.136. The van der Waals surface area contributed by atoms with Gasteiger partial charge in [0.15, 0.2) is 5.82 Å². The summed E-state index contributed by atoms with van der Waals surface area (Å²) in [6.45, 7) is 4.68. The Morgan fingerprint density at radius 1 is 0.904 bits per heavy atom. The zero-order chi connectivity index (χ0) is 35.6. The van der Waals surface area contributed by atoms with Crippen molar-refractivity contribution >= 4 is 29.4 Å². The van der Waals surface area contributed by atoms with Crippen molar-refractivity contribution in [3.05, 3.63) is 77.5 Å². The first-order valence-corrected chi connectivity index (χ1v) is 18.1. The van der Waals surface area contributed by atoms with Crippen LogP contribution in [0.3, 0.4) is 0 Å². The highest BCUT2D eigenvalue weighted by molar-refractivity contribution is 6.05. The minimum Gasteiger partial charge on any atom is -0.507 e. The van der Waals surface area contributed by atoms with Crippen LogP contribution in [0.4, 0.5) is 11.6 Å². The summed E-state index contributed by atoms with van der Waals surface area (Å²) >= 11 is 0. The van der Waals surface area contributed by atoms with Crippen LogP contribution in [0.2, 0.25) is 0 Å². The maximum Gasteiger partial charge on any atom is 0.255 e. The second-order valence-electron chi connectivity index (χ2n) is 14.6. The van der Waals surface area contributed by atoms with Gasteiger partial charge >= 0.3 is 0 Å². The number of para-hydroxylation sites is 1. The van der Waals surface area contributed by atoms with E-state index in [0.29, 0.717) is 48.3 Å². The number of imide groups is 1. The Kier molecular flexibility index (Phi) is 7.83. The number of fused-ring (bicyclic) bond motifs is 4. The zero-order valence-corrected chi connectivity index (χ0v) is 28.8. The van der Waals surface area contributed by atoms with E-state index in [2.05, 4.69) is 37.4 Å². The van der Waals surface area contributed by atoms with Crippen LogP contribution in [0.15, 0.2) is 60.8 Å². The second kappa shape index (κ2) is 12.6. The summed E-state index contributed by atoms with van der Waals surface area (Å²) in [6, 6.07) is 16.7. The number of nitrogen functional groups attached to an aromatic ring is 1. The van der Waals surface area contributed by atoms with Crippen molar-refractivity contribution in [2.24, 2.45) is 0 Å². The number of aromatic nitrogens is 3. The number of hydrogen-bond acceptors (Lipinski definition) is 11. The predicted octanol–water partition coefficient (Wildman–Crippen LogP) is 3.65. The summed E-state index contributed by atoms with van der Waals surface area (Å²) in [7, 11) is 0. The van der Waals surface area contributed by atoms with Gasteiger partial charge in [0.05, 0.1) is 18.8 Å². The topological polar surface area (TPSA) is 167 Å². The number of anilines is 2. The monoisotopic (exact) mass is 700 g/mol. The number of phenolic OH excluding ortho intramolecular Hbond substituents is 1. The van der Waals surface area contributed by atoms with Crippen LogP contribution >= 0.6 is 0 Å². The molecule has 3 saturated heterocycles. The Bertz CT molecular complexity index is 2110. The van der Waals surface area contributed by atoms with Crippen molar-refractivity contribution in [1.29, 1.82) is 0 Å². The van der Waals surface area contributed by atoms with Crippen molar-refractivity contribution in [1.82, 2.24) is 30.3 Å². The van der Waals surface area contributed by atoms with E-state index in [-0.39, 0.29) is 29.4 Å². The molecular formula is C39H40N8O5. The maximum atomic E-state index is 13.4. The molecule has 1 atom stereocenters. The molecule has 0 aliphatic carbocycles. The summed E-state index contributed by atoms with van der Waals surface area (Å²) in [4.78, 5) is 48.9. The number of benzene rings is 2. The van der Waals surface area contributed by atoms with E-state index in [1.54, 1.807) is 29.3 Å². The van der Waals surface area contributed by atoms with Crippen LogP contribution in [-0.2, 0) is 21.5 Å². The van der Waals surface area contributed by atoms with Crippen molar-refractivity contribution in [3.8, 4) is 33.9 Å². The van der Waals surface area contributed by atoms with Gasteiger partial charge in [0.2, 0.25) is 11.8 Å². The van der Waals surface area contributed by atoms with Crippen LogP contribution in [0.1, 0.15) is 60.0 Å². The van der Waals surface area contributed by atoms with Crippen LogP contribution in [0.25, 0.3) is 22.4 Å². The third-order valence-electron chi connectivity index (χ3n) is 11.8. The van der Waals surface area contributed by atoms with Gasteiger partial charge in [-0.25, -0.2) is 4.98 Å². The molecule has 5 aliphatic heterocycles. The standard InChI is InChI=1S/C39H40N8O5/c40-36-27(20-30(43-44-36)26-3-1-2-4-32(26)48)23-9-14-41-33(19-23)46-15-10-24(11-16-46)45-17-12-39(13-18-45)22-52-35-28-21-47(31-7-8-34(49)42-37(31)50)38(51)25(28)5-6-29(35)39/h1-6,9,14,19-20,24,31,48H,7-8,10-13,15-18,21-22H2,(H2,40,44)(H,42,49,50). The van der Waals surface area contributed by atoms with Gasteiger partial charge < -0.3 is 30.3 Å². The smallest absolute Gasteiger partial charge is 0.255 e. The highest BCUT2D eigenvalue weighted by Crippen LogP contribution is 2.50. The van der Waals surface area contributed by atoms with Crippen molar-refractivity contribution in [2.75, 3.05) is 43.4 Å². The van der Waals surface area contributed by atoms with Crippen LogP contribution in [-0.4, -0.2) is 92.7 Å². The van der Waals surface area contributed by atoms with Gasteiger partial charge in [-0.1, -0.05) is 18.2 Å². The molecule has 52 heavy (non-hydrogen) atoms. The number of ether oxygens (including phenoxy) is 1. The van der Waals surface area contributed by atoms with E-state index in [1.807, 2.05) is 24.3 Å². The number of rotatable bonds is 5. The molecular weight excluding hydrogens is 660 g/mol. The quantitative estimate of drug-likeness (QED) is 0.260. The molecule has 5 aliphatic rings. The Morgan fingerprint density at radius 3 is 2.50 bits per heavy atom. The van der Waals surface area contributed by atoms with Gasteiger partial charge in [-0.2, -0.15) is 0 Å². The number of nitrogens with zero attached hydrogens (tertiary/aromatic N) is 6. The molecule has 0 saturated carbocycles. The van der Waals surface area contributed by atoms with Gasteiger partial charge in [0.1, 0.15) is 23.4 Å². The molecule has 1 spiro atoms. The lowest BCUT2D eigenvalue weighted by Gasteiger charge is -2.45. The molecule has 9 rings (SSSR count). The number of phenols is 1. The summed E-state index contributed by atoms with van der Waals surface area (Å²) in [5.41, 5.74) is 11.6. The minimum atomic E-state index is -0.639. The van der Waals surface area contributed by atoms with Crippen molar-refractivity contribution in [2.45, 2.75) is 62.6 Å². The minimum absolute atomic E-state index is 0.0835. The third-order valence-corrected chi connectivity index (χ3v) is 11.8. The second-order valence-corrected chi connectivity index (χ2v) is 14.6. The van der Waals surface area contributed by atoms with E-state index in [9.17, 15) is 19.5 Å². The summed E-state index contributed by atoms with van der Waals surface area (Å²) in [5, 5.41) is 21.2. The molecule has 0 radical (unpaired) electrons. The van der Waals surface area contributed by atoms with Crippen molar-refractivity contribution < 1.29 is 24.2 Å². The first-order chi connectivity index (χ1) is 25.3. The predicted molar refractivity (Wildman–Crippen MR) is 192 cm³/mol. The molecule has 1 unspecified atom stereocenters. The Morgan fingerprint density at radius 2 is 1.71 bits per heavy atom. The number of hydrogen-bond donors (Lipinski definition) is 3. The first-order valence-electron chi connectivity index (χ1n) is 18.1. The number of carbonyl (C=O) groups is 3. The largest absolute Gasteiger partial charge is 0.507 e. The molecule has 2 aromatic heterocycles. The SMILES string of the molecule is Nc1nnc(-c2ccccc2O)cc1-c1ccnc(N2CCC(N3CCC4(CC3)COc3c4ccc4c3CN(C3CCC(=O)NC3=O)C4=O)CC2)c1. The molecule has 13 heteroatoms. The van der Waals surface area contributed by atoms with E-state index in [4.69, 9.17) is 15.5 Å². The molecule has 266 valence electrons. The average Bonchev–Trinajstić information content (AvgIpc) is 3.69. The van der Waals surface area contributed by atoms with E-state index in [0.717, 1.165) is 80.1 Å². The molecule has 3 fully saturated rings. The molecule has 4 N–H and O–H groups in total. The average molecular weight is 701 g/mol. The van der Waals surface area contributed by atoms with Gasteiger partial charge in [-0.15, -0.1) is 10.2 Å². The number of nitrogens with two attached hydrogens (primary N) is 1. The fourth-order valence-electron chi connectivity index (χ4n) is 8.89. The highest BCUT2D eigenvalue weighted by atomic mass is 16.5. The Hall–Kier alpha value is -5.56. The van der Waals surface area contributed by atoms with Crippen LogP contribution < -0.4 is 20.7 Å². The third kappa shape index (κ3) is 5.42. The molecule has 2 aromatic carbocycles. The van der Waals surface area contributed by atoms with E-state index >= 15 is 0 Å². The number of nitrogens with one attached hydrogen (secondary N) is 1. The maximum absolute atomic E-state index is 13.4. The molecule has 0 bridgehead atoms. The summed E-state index contributed by atoms with van der Waals surface area (Å²) < 4.78 is 6.40. The fourth-order valence-corrected chi connectivity index (χ4v) is 8.89. The Balaban J connectivity index is 0.842. The molecule has 7 heterocycles. The number of piperidine rings is 3.